The van der Waals surface area contributed by atoms with E-state index in [1.165, 1.54) is 31.4 Å². The van der Waals surface area contributed by atoms with Crippen molar-refractivity contribution < 1.29 is 18.3 Å². The van der Waals surface area contributed by atoms with Crippen LogP contribution in [0.3, 0.4) is 0 Å². The SMILES string of the molecule is C.COC(=O)N(Cc1cccc(F)c1)c1c(N)nc(-c2nc(Cc3ccccc3F)n3ncccc23)nc1N. The fraction of sp³-hybridized carbons (Fsp3) is 0.148. The zero-order valence-corrected chi connectivity index (χ0v) is 20.2. The molecule has 3 heterocycles. The molecule has 0 aliphatic heterocycles. The zero-order valence-electron chi connectivity index (χ0n) is 20.2. The van der Waals surface area contributed by atoms with Gasteiger partial charge in [-0.1, -0.05) is 37.8 Å². The Morgan fingerprint density at radius 3 is 2.44 bits per heavy atom. The van der Waals surface area contributed by atoms with Crippen LogP contribution in [0.2, 0.25) is 0 Å². The van der Waals surface area contributed by atoms with Gasteiger partial charge in [0.2, 0.25) is 0 Å². The number of hydrogen-bond donors (Lipinski definition) is 2. The second-order valence-electron chi connectivity index (χ2n) is 8.32. The summed E-state index contributed by atoms with van der Waals surface area (Å²) < 4.78 is 34.5. The summed E-state index contributed by atoms with van der Waals surface area (Å²) in [5.74, 6) is -0.522. The number of amides is 1. The molecule has 0 unspecified atom stereocenters. The molecule has 4 N–H and O–H groups in total. The minimum absolute atomic E-state index is 0. The van der Waals surface area contributed by atoms with Crippen LogP contribution in [-0.4, -0.2) is 37.8 Å². The van der Waals surface area contributed by atoms with E-state index in [-0.39, 0.29) is 49.4 Å². The molecule has 0 saturated carbocycles. The van der Waals surface area contributed by atoms with Gasteiger partial charge in [0.25, 0.3) is 0 Å². The largest absolute Gasteiger partial charge is 0.452 e. The van der Waals surface area contributed by atoms with Crippen molar-refractivity contribution in [2.24, 2.45) is 0 Å². The molecule has 0 aliphatic carbocycles. The van der Waals surface area contributed by atoms with Crippen LogP contribution >= 0.6 is 0 Å². The van der Waals surface area contributed by atoms with Crippen LogP contribution in [0.1, 0.15) is 24.4 Å². The first-order valence-electron chi connectivity index (χ1n) is 11.4. The fourth-order valence-corrected chi connectivity index (χ4v) is 4.12. The number of nitrogen functional groups attached to an aromatic ring is 2. The van der Waals surface area contributed by atoms with E-state index in [2.05, 4.69) is 20.1 Å². The lowest BCUT2D eigenvalue weighted by molar-refractivity contribution is 0.178. The highest BCUT2D eigenvalue weighted by Gasteiger charge is 2.26. The molecule has 0 atom stereocenters. The van der Waals surface area contributed by atoms with Crippen LogP contribution in [0.25, 0.3) is 17.0 Å². The first-order valence-corrected chi connectivity index (χ1v) is 11.4. The van der Waals surface area contributed by atoms with Crippen LogP contribution in [0.4, 0.5) is 30.9 Å². The number of fused-ring (bicyclic) bond motifs is 1. The zero-order chi connectivity index (χ0) is 26.8. The summed E-state index contributed by atoms with van der Waals surface area (Å²) in [6, 6.07) is 15.6. The molecule has 10 nitrogen and oxygen atoms in total. The van der Waals surface area contributed by atoms with E-state index in [1.54, 1.807) is 47.1 Å². The number of rotatable bonds is 6. The van der Waals surface area contributed by atoms with E-state index < -0.39 is 11.9 Å². The molecule has 2 aromatic carbocycles. The van der Waals surface area contributed by atoms with Crippen LogP contribution < -0.4 is 16.4 Å². The monoisotopic (exact) mass is 532 g/mol. The van der Waals surface area contributed by atoms with Gasteiger partial charge in [0.05, 0.1) is 19.2 Å². The Bertz CT molecular complexity index is 1630. The number of nitrogens with zero attached hydrogens (tertiary/aromatic N) is 6. The Morgan fingerprint density at radius 2 is 1.74 bits per heavy atom. The molecular formula is C27H26F2N8O2. The first kappa shape index (κ1) is 26.9. The lowest BCUT2D eigenvalue weighted by Crippen LogP contribution is -2.32. The number of aromatic nitrogens is 5. The molecule has 5 aromatic rings. The maximum absolute atomic E-state index is 14.3. The average Bonchev–Trinajstić information content (AvgIpc) is 3.27. The molecule has 0 saturated heterocycles. The lowest BCUT2D eigenvalue weighted by Gasteiger charge is -2.23. The van der Waals surface area contributed by atoms with Crippen molar-refractivity contribution in [3.63, 3.8) is 0 Å². The molecule has 0 fully saturated rings. The van der Waals surface area contributed by atoms with Crippen molar-refractivity contribution in [2.45, 2.75) is 20.4 Å². The van der Waals surface area contributed by atoms with Crippen molar-refractivity contribution in [3.05, 3.63) is 95.4 Å². The standard InChI is InChI=1S/C26H22F2N8O2.CH4/c1-38-26(37)35(14-15-6-4-8-17(27)12-15)22-23(29)33-25(34-24(22)30)21-19-10-5-11-31-36(19)20(32-21)13-16-7-2-3-9-18(16)28;/h2-12H,13-14H2,1H3,(H4,29,30,33,34);1H4. The predicted molar refractivity (Wildman–Crippen MR) is 144 cm³/mol. The van der Waals surface area contributed by atoms with E-state index in [0.29, 0.717) is 28.2 Å². The van der Waals surface area contributed by atoms with E-state index in [4.69, 9.17) is 16.2 Å². The Morgan fingerprint density at radius 1 is 1.00 bits per heavy atom. The molecule has 3 aromatic heterocycles. The highest BCUT2D eigenvalue weighted by Crippen LogP contribution is 2.33. The van der Waals surface area contributed by atoms with Gasteiger partial charge in [-0.3, -0.25) is 4.90 Å². The van der Waals surface area contributed by atoms with Gasteiger partial charge in [-0.25, -0.2) is 33.0 Å². The summed E-state index contributed by atoms with van der Waals surface area (Å²) in [5, 5.41) is 4.35. The molecule has 1 amide bonds. The highest BCUT2D eigenvalue weighted by molar-refractivity contribution is 5.95. The number of methoxy groups -OCH3 is 1. The molecule has 12 heteroatoms. The number of imidazole rings is 1. The van der Waals surface area contributed by atoms with Crippen LogP contribution in [0.5, 0.6) is 0 Å². The smallest absolute Gasteiger partial charge is 0.414 e. The molecule has 0 aliphatic rings. The van der Waals surface area contributed by atoms with E-state index in [9.17, 15) is 13.6 Å². The first-order chi connectivity index (χ1) is 18.4. The second-order valence-corrected chi connectivity index (χ2v) is 8.32. The summed E-state index contributed by atoms with van der Waals surface area (Å²) >= 11 is 0. The number of nitrogens with two attached hydrogens (primary N) is 2. The Hall–Kier alpha value is -5.13. The van der Waals surface area contributed by atoms with E-state index in [1.807, 2.05) is 0 Å². The van der Waals surface area contributed by atoms with Crippen molar-refractivity contribution in [3.8, 4) is 11.5 Å². The predicted octanol–water partition coefficient (Wildman–Crippen LogP) is 4.63. The van der Waals surface area contributed by atoms with Gasteiger partial charge in [0.15, 0.2) is 17.5 Å². The molecule has 0 bridgehead atoms. The number of hydrogen-bond acceptors (Lipinski definition) is 8. The number of carbonyl (C=O) groups is 1. The third kappa shape index (κ3) is 5.30. The maximum atomic E-state index is 14.3. The van der Waals surface area contributed by atoms with Gasteiger partial charge in [-0.2, -0.15) is 5.10 Å². The van der Waals surface area contributed by atoms with Gasteiger partial charge in [-0.15, -0.1) is 0 Å². The molecule has 0 radical (unpaired) electrons. The Kier molecular flexibility index (Phi) is 7.65. The molecule has 0 spiro atoms. The summed E-state index contributed by atoms with van der Waals surface area (Å²) in [4.78, 5) is 27.1. The maximum Gasteiger partial charge on any atom is 0.414 e. The van der Waals surface area contributed by atoms with Crippen molar-refractivity contribution in [1.82, 2.24) is 24.6 Å². The minimum Gasteiger partial charge on any atom is -0.452 e. The Labute approximate surface area is 222 Å². The van der Waals surface area contributed by atoms with E-state index in [0.717, 1.165) is 4.90 Å². The molecule has 39 heavy (non-hydrogen) atoms. The van der Waals surface area contributed by atoms with Crippen LogP contribution in [-0.2, 0) is 17.7 Å². The second kappa shape index (κ2) is 11.1. The summed E-state index contributed by atoms with van der Waals surface area (Å²) in [5.41, 5.74) is 14.4. The summed E-state index contributed by atoms with van der Waals surface area (Å²) in [6.45, 7) is -0.0916. The van der Waals surface area contributed by atoms with Gasteiger partial charge >= 0.3 is 6.09 Å². The number of carbonyl (C=O) groups excluding carboxylic acids is 1. The number of benzene rings is 2. The fourth-order valence-electron chi connectivity index (χ4n) is 4.12. The van der Waals surface area contributed by atoms with Crippen LogP contribution in [0.15, 0.2) is 66.9 Å². The van der Waals surface area contributed by atoms with Crippen molar-refractivity contribution in [2.75, 3.05) is 23.5 Å². The average molecular weight is 533 g/mol. The molecular weight excluding hydrogens is 506 g/mol. The van der Waals surface area contributed by atoms with Crippen molar-refractivity contribution in [1.29, 1.82) is 0 Å². The Balaban J connectivity index is 0.00000353. The minimum atomic E-state index is -0.784. The lowest BCUT2D eigenvalue weighted by atomic mass is 10.1. The van der Waals surface area contributed by atoms with Gasteiger partial charge in [0, 0.05) is 12.6 Å². The number of anilines is 3. The number of halogens is 2. The third-order valence-electron chi connectivity index (χ3n) is 5.83. The topological polar surface area (TPSA) is 138 Å². The van der Waals surface area contributed by atoms with Crippen molar-refractivity contribution >= 4 is 28.9 Å². The van der Waals surface area contributed by atoms with Crippen LogP contribution in [0, 0.1) is 11.6 Å². The van der Waals surface area contributed by atoms with Gasteiger partial charge in [-0.05, 0) is 41.5 Å². The molecule has 200 valence electrons. The number of ether oxygens (including phenoxy) is 1. The van der Waals surface area contributed by atoms with E-state index >= 15 is 0 Å². The van der Waals surface area contributed by atoms with Gasteiger partial charge < -0.3 is 16.2 Å². The quantitative estimate of drug-likeness (QED) is 0.323. The highest BCUT2D eigenvalue weighted by atomic mass is 19.1. The normalized spacial score (nSPS) is 10.7. The van der Waals surface area contributed by atoms with Gasteiger partial charge in [0.1, 0.15) is 28.8 Å². The third-order valence-corrected chi connectivity index (χ3v) is 5.83. The summed E-state index contributed by atoms with van der Waals surface area (Å²) in [7, 11) is 1.20. The molecule has 5 rings (SSSR count). The summed E-state index contributed by atoms with van der Waals surface area (Å²) in [6.07, 6.45) is 0.960.